The third-order valence-electron chi connectivity index (χ3n) is 5.19. The molecule has 2 heterocycles. The Hall–Kier alpha value is -3.61. The molecule has 0 spiro atoms. The lowest BCUT2D eigenvalue weighted by molar-refractivity contribution is -0.129. The highest BCUT2D eigenvalue weighted by atomic mass is 32.5. The van der Waals surface area contributed by atoms with Gasteiger partial charge >= 0.3 is 10.2 Å². The molecule has 1 unspecified atom stereocenters. The molecule has 0 radical (unpaired) electrons. The summed E-state index contributed by atoms with van der Waals surface area (Å²) in [7, 11) is -8.85. The maximum Gasteiger partial charge on any atom is 0.310 e. The lowest BCUT2D eigenvalue weighted by Gasteiger charge is -2.41. The molecule has 3 aromatic rings. The van der Waals surface area contributed by atoms with Gasteiger partial charge in [0, 0.05) is 30.6 Å². The van der Waals surface area contributed by atoms with E-state index in [2.05, 4.69) is 15.0 Å². The second kappa shape index (κ2) is 6.47. The van der Waals surface area contributed by atoms with Gasteiger partial charge in [-0.1, -0.05) is 37.6 Å². The summed E-state index contributed by atoms with van der Waals surface area (Å²) in [6, 6.07) is 5.46. The maximum atomic E-state index is 14.6. The predicted molar refractivity (Wildman–Crippen MR) is 110 cm³/mol. The summed E-state index contributed by atoms with van der Waals surface area (Å²) >= 11 is 0. The molecule has 6 nitrogen and oxygen atoms in total. The van der Waals surface area contributed by atoms with Gasteiger partial charge in [-0.2, -0.15) is 0 Å². The number of amides is 1. The molecule has 1 aliphatic rings. The van der Waals surface area contributed by atoms with Gasteiger partial charge in [-0.25, -0.2) is 19.4 Å². The van der Waals surface area contributed by atoms with Crippen LogP contribution in [0.2, 0.25) is 0 Å². The van der Waals surface area contributed by atoms with Gasteiger partial charge in [0.15, 0.2) is 11.5 Å². The number of rotatable bonds is 4. The quantitative estimate of drug-likeness (QED) is 0.527. The highest BCUT2D eigenvalue weighted by Gasteiger charge is 2.66. The molecule has 0 saturated heterocycles. The third kappa shape index (κ3) is 3.77. The average molecular weight is 487 g/mol. The number of benzene rings is 2. The lowest BCUT2D eigenvalue weighted by Crippen LogP contribution is -2.41. The van der Waals surface area contributed by atoms with Crippen LogP contribution in [0, 0.1) is 5.82 Å². The molecule has 0 fully saturated rings. The molecule has 174 valence electrons. The Balaban J connectivity index is 2.02. The first-order valence-electron chi connectivity index (χ1n) is 9.17. The minimum absolute atomic E-state index is 0.0764. The van der Waals surface area contributed by atoms with E-state index in [-0.39, 0.29) is 34.8 Å². The number of aliphatic imine (C=N–C) groups is 1. The summed E-state index contributed by atoms with van der Waals surface area (Å²) in [6.07, 6.45) is 3.78. The second-order valence-corrected chi connectivity index (χ2v) is 9.77. The summed E-state index contributed by atoms with van der Waals surface area (Å²) in [6.45, 7) is 0. The minimum Gasteiger partial charge on any atom is -0.369 e. The summed E-state index contributed by atoms with van der Waals surface area (Å²) in [5.41, 5.74) is 3.06. The molecule has 4 rings (SSSR count). The van der Waals surface area contributed by atoms with Gasteiger partial charge in [-0.15, -0.1) is 0 Å². The van der Waals surface area contributed by atoms with Crippen molar-refractivity contribution in [3.05, 3.63) is 78.1 Å². The van der Waals surface area contributed by atoms with Crippen molar-refractivity contribution in [2.75, 3.05) is 7.05 Å². The van der Waals surface area contributed by atoms with Crippen molar-refractivity contribution >= 4 is 22.1 Å². The first-order chi connectivity index (χ1) is 15.1. The van der Waals surface area contributed by atoms with E-state index < -0.39 is 37.9 Å². The number of nitrogens with zero attached hydrogens (tertiary/aromatic N) is 4. The molecular weight excluding hydrogens is 472 g/mol. The topological polar surface area (TPSA) is 84.5 Å². The number of hydrogen-bond acceptors (Lipinski definition) is 5. The number of likely N-dealkylation sites (N-methyl/N-ethyl adjacent to an activating group) is 1. The zero-order valence-corrected chi connectivity index (χ0v) is 17.5. The van der Waals surface area contributed by atoms with E-state index in [0.717, 1.165) is 29.2 Å². The van der Waals surface area contributed by atoms with E-state index >= 15 is 0 Å². The van der Waals surface area contributed by atoms with Gasteiger partial charge in [-0.05, 0) is 35.4 Å². The van der Waals surface area contributed by atoms with Crippen molar-refractivity contribution in [1.82, 2.24) is 14.9 Å². The number of carbonyl (C=O) groups excluding carboxylic acids is 1. The van der Waals surface area contributed by atoms with Crippen molar-refractivity contribution in [2.24, 2.45) is 10.7 Å². The predicted octanol–water partition coefficient (Wildman–Crippen LogP) is 4.97. The summed E-state index contributed by atoms with van der Waals surface area (Å²) in [5.74, 6) is -1.99. The fraction of sp³-hybridized carbons (Fsp3) is 0.100. The fourth-order valence-electron chi connectivity index (χ4n) is 3.55. The van der Waals surface area contributed by atoms with Crippen LogP contribution in [0.15, 0.2) is 71.1 Å². The largest absolute Gasteiger partial charge is 0.369 e. The summed E-state index contributed by atoms with van der Waals surface area (Å²) in [5, 5.41) is 0. The van der Waals surface area contributed by atoms with Crippen molar-refractivity contribution in [1.29, 1.82) is 0 Å². The summed E-state index contributed by atoms with van der Waals surface area (Å²) in [4.78, 5) is 23.6. The molecule has 1 aliphatic heterocycles. The molecule has 2 N–H and O–H groups in total. The molecule has 0 saturated carbocycles. The van der Waals surface area contributed by atoms with E-state index in [0.29, 0.717) is 0 Å². The highest BCUT2D eigenvalue weighted by Crippen LogP contribution is 3.02. The van der Waals surface area contributed by atoms with Crippen molar-refractivity contribution in [2.45, 2.75) is 10.4 Å². The molecule has 1 aromatic heterocycles. The van der Waals surface area contributed by atoms with Gasteiger partial charge in [0.2, 0.25) is 0 Å². The van der Waals surface area contributed by atoms with Crippen LogP contribution in [0.25, 0.3) is 11.1 Å². The van der Waals surface area contributed by atoms with Gasteiger partial charge in [0.1, 0.15) is 17.0 Å². The molecule has 13 heteroatoms. The first-order valence-corrected chi connectivity index (χ1v) is 11.1. The number of nitrogens with two attached hydrogens (primary N) is 1. The SMILES string of the molecule is CN1C(=O)C(c2cccc(S(F)(F)(F)(F)F)c2)(c2ccc(F)c(-c3cncnc3)c2)N=C1N. The van der Waals surface area contributed by atoms with Gasteiger partial charge in [0.25, 0.3) is 5.91 Å². The average Bonchev–Trinajstić information content (AvgIpc) is 2.98. The number of hydrogen-bond donors (Lipinski definition) is 1. The monoisotopic (exact) mass is 487 g/mol. The normalized spacial score (nSPS) is 20.9. The van der Waals surface area contributed by atoms with E-state index in [1.807, 2.05) is 0 Å². The van der Waals surface area contributed by atoms with Crippen LogP contribution in [0.3, 0.4) is 0 Å². The van der Waals surface area contributed by atoms with Crippen LogP contribution < -0.4 is 5.73 Å². The van der Waals surface area contributed by atoms with E-state index in [1.54, 1.807) is 0 Å². The van der Waals surface area contributed by atoms with Gasteiger partial charge < -0.3 is 5.73 Å². The number of halogens is 6. The highest BCUT2D eigenvalue weighted by molar-refractivity contribution is 8.45. The van der Waals surface area contributed by atoms with Gasteiger partial charge in [-0.3, -0.25) is 9.69 Å². The Morgan fingerprint density at radius 1 is 0.970 bits per heavy atom. The van der Waals surface area contributed by atoms with Crippen LogP contribution in [0.1, 0.15) is 11.1 Å². The Bertz CT molecular complexity index is 1320. The first kappa shape index (κ1) is 22.6. The molecule has 1 atom stereocenters. The standard InChI is InChI=1S/C20H15F6N5OS/c1-31-18(32)20(30-19(31)27,13-3-2-4-15(7-13)33(22,23,24,25)26)14-5-6-17(21)16(8-14)12-9-28-11-29-10-12/h2-11H,1H3,(H2,27,30). The van der Waals surface area contributed by atoms with E-state index in [9.17, 15) is 28.6 Å². The van der Waals surface area contributed by atoms with Crippen LogP contribution >= 0.6 is 10.2 Å². The van der Waals surface area contributed by atoms with Crippen molar-refractivity contribution < 1.29 is 28.6 Å². The second-order valence-electron chi connectivity index (χ2n) is 7.36. The molecular formula is C20H15F6N5OS. The zero-order chi connectivity index (χ0) is 24.3. The molecule has 0 aliphatic carbocycles. The minimum atomic E-state index is -10.1. The van der Waals surface area contributed by atoms with Crippen molar-refractivity contribution in [3.63, 3.8) is 0 Å². The smallest absolute Gasteiger partial charge is 0.310 e. The summed E-state index contributed by atoms with van der Waals surface area (Å²) < 4.78 is 82.1. The Kier molecular flexibility index (Phi) is 4.42. The number of carbonyl (C=O) groups is 1. The Morgan fingerprint density at radius 2 is 1.61 bits per heavy atom. The Labute approximate surface area is 183 Å². The van der Waals surface area contributed by atoms with Crippen LogP contribution in [-0.4, -0.2) is 33.8 Å². The maximum absolute atomic E-state index is 14.6. The molecule has 1 amide bonds. The number of guanidine groups is 1. The number of aromatic nitrogens is 2. The van der Waals surface area contributed by atoms with E-state index in [4.69, 9.17) is 5.73 Å². The third-order valence-corrected chi connectivity index (χ3v) is 6.34. The van der Waals surface area contributed by atoms with Crippen LogP contribution in [-0.2, 0) is 10.3 Å². The van der Waals surface area contributed by atoms with E-state index in [1.165, 1.54) is 31.8 Å². The Morgan fingerprint density at radius 3 is 2.18 bits per heavy atom. The van der Waals surface area contributed by atoms with Crippen LogP contribution in [0.4, 0.5) is 23.8 Å². The zero-order valence-electron chi connectivity index (χ0n) is 16.7. The molecule has 2 aromatic carbocycles. The fourth-order valence-corrected chi connectivity index (χ4v) is 4.24. The lowest BCUT2D eigenvalue weighted by atomic mass is 9.81. The molecule has 33 heavy (non-hydrogen) atoms. The van der Waals surface area contributed by atoms with Crippen molar-refractivity contribution in [3.8, 4) is 11.1 Å². The van der Waals surface area contributed by atoms with Crippen LogP contribution in [0.5, 0.6) is 0 Å². The molecule has 0 bridgehead atoms. The van der Waals surface area contributed by atoms with Gasteiger partial charge in [0.05, 0.1) is 0 Å².